The maximum atomic E-state index is 11.6. The Morgan fingerprint density at radius 3 is 2.93 bits per heavy atom. The molecule has 1 heterocycles. The minimum absolute atomic E-state index is 0.104. The zero-order chi connectivity index (χ0) is 10.8. The number of alkyl halides is 1. The van der Waals surface area contributed by atoms with Gasteiger partial charge in [-0.1, -0.05) is 22.0 Å². The predicted octanol–water partition coefficient (Wildman–Crippen LogP) is 2.06. The first-order valence-electron chi connectivity index (χ1n) is 4.65. The van der Waals surface area contributed by atoms with Crippen LogP contribution in [0.2, 0.25) is 0 Å². The van der Waals surface area contributed by atoms with Gasteiger partial charge in [0.05, 0.1) is 11.6 Å². The number of benzene rings is 1. The van der Waals surface area contributed by atoms with Crippen molar-refractivity contribution in [3.8, 4) is 6.07 Å². The number of nitriles is 1. The Balaban J connectivity index is 2.30. The fourth-order valence-corrected chi connectivity index (χ4v) is 2.22. The third kappa shape index (κ3) is 2.02. The summed E-state index contributed by atoms with van der Waals surface area (Å²) in [5, 5.41) is 8.76. The van der Waals surface area contributed by atoms with E-state index in [1.54, 1.807) is 23.1 Å². The molecular formula is C11H9BrN2O. The van der Waals surface area contributed by atoms with Gasteiger partial charge < -0.3 is 4.90 Å². The molecular weight excluding hydrogens is 256 g/mol. The highest BCUT2D eigenvalue weighted by Crippen LogP contribution is 2.25. The zero-order valence-corrected chi connectivity index (χ0v) is 9.57. The van der Waals surface area contributed by atoms with E-state index in [1.807, 2.05) is 6.07 Å². The average molecular weight is 265 g/mol. The molecule has 1 aliphatic heterocycles. The average Bonchev–Trinajstić information content (AvgIpc) is 2.58. The lowest BCUT2D eigenvalue weighted by atomic mass is 10.2. The van der Waals surface area contributed by atoms with Crippen LogP contribution in [0.4, 0.5) is 5.69 Å². The summed E-state index contributed by atoms with van der Waals surface area (Å²) in [7, 11) is 0. The molecule has 0 aliphatic carbocycles. The highest BCUT2D eigenvalue weighted by atomic mass is 79.9. The first kappa shape index (κ1) is 10.2. The van der Waals surface area contributed by atoms with Gasteiger partial charge in [0.1, 0.15) is 0 Å². The summed E-state index contributed by atoms with van der Waals surface area (Å²) in [6.45, 7) is 0.674. The Hall–Kier alpha value is -1.34. The topological polar surface area (TPSA) is 44.1 Å². The van der Waals surface area contributed by atoms with Crippen LogP contribution in [0, 0.1) is 11.3 Å². The molecule has 2 rings (SSSR count). The van der Waals surface area contributed by atoms with Crippen molar-refractivity contribution in [3.63, 3.8) is 0 Å². The Kier molecular flexibility index (Phi) is 2.74. The van der Waals surface area contributed by atoms with Crippen LogP contribution < -0.4 is 4.90 Å². The van der Waals surface area contributed by atoms with E-state index in [-0.39, 0.29) is 10.7 Å². The summed E-state index contributed by atoms with van der Waals surface area (Å²) >= 11 is 3.42. The van der Waals surface area contributed by atoms with Crippen molar-refractivity contribution in [2.45, 2.75) is 11.2 Å². The van der Waals surface area contributed by atoms with Crippen molar-refractivity contribution in [1.82, 2.24) is 0 Å². The number of hydrogen-bond donors (Lipinski definition) is 0. The summed E-state index contributed by atoms with van der Waals surface area (Å²) < 4.78 is 0. The fourth-order valence-electron chi connectivity index (χ4n) is 1.66. The second-order valence-electron chi connectivity index (χ2n) is 3.47. The van der Waals surface area contributed by atoms with E-state index in [0.717, 1.165) is 5.69 Å². The maximum absolute atomic E-state index is 11.6. The van der Waals surface area contributed by atoms with E-state index < -0.39 is 0 Å². The van der Waals surface area contributed by atoms with Crippen molar-refractivity contribution >= 4 is 27.5 Å². The van der Waals surface area contributed by atoms with Gasteiger partial charge >= 0.3 is 0 Å². The van der Waals surface area contributed by atoms with Gasteiger partial charge in [-0.15, -0.1) is 0 Å². The van der Waals surface area contributed by atoms with Crippen molar-refractivity contribution in [2.24, 2.45) is 0 Å². The number of amides is 1. The molecule has 3 nitrogen and oxygen atoms in total. The first-order chi connectivity index (χ1) is 7.20. The molecule has 1 atom stereocenters. The summed E-state index contributed by atoms with van der Waals surface area (Å²) in [5.74, 6) is 0.104. The first-order valence-corrected chi connectivity index (χ1v) is 5.57. The molecule has 1 saturated heterocycles. The monoisotopic (exact) mass is 264 g/mol. The van der Waals surface area contributed by atoms with Gasteiger partial charge in [0.2, 0.25) is 5.91 Å². The van der Waals surface area contributed by atoms with Crippen molar-refractivity contribution < 1.29 is 4.79 Å². The van der Waals surface area contributed by atoms with Crippen LogP contribution in [-0.4, -0.2) is 17.3 Å². The van der Waals surface area contributed by atoms with Crippen LogP contribution in [0.15, 0.2) is 24.3 Å². The molecule has 76 valence electrons. The van der Waals surface area contributed by atoms with E-state index in [2.05, 4.69) is 22.0 Å². The molecule has 1 unspecified atom stereocenters. The van der Waals surface area contributed by atoms with E-state index in [4.69, 9.17) is 5.26 Å². The molecule has 1 aromatic rings. The Morgan fingerprint density at radius 1 is 1.53 bits per heavy atom. The molecule has 1 amide bonds. The van der Waals surface area contributed by atoms with Gasteiger partial charge in [0.25, 0.3) is 0 Å². The van der Waals surface area contributed by atoms with Crippen molar-refractivity contribution in [2.75, 3.05) is 11.4 Å². The van der Waals surface area contributed by atoms with E-state index in [1.165, 1.54) is 0 Å². The fraction of sp³-hybridized carbons (Fsp3) is 0.273. The minimum Gasteiger partial charge on any atom is -0.311 e. The molecule has 1 aliphatic rings. The SMILES string of the molecule is N#Cc1cccc(N2CC(Br)CC2=O)c1. The van der Waals surface area contributed by atoms with E-state index in [0.29, 0.717) is 18.5 Å². The quantitative estimate of drug-likeness (QED) is 0.729. The lowest BCUT2D eigenvalue weighted by molar-refractivity contribution is -0.117. The van der Waals surface area contributed by atoms with Crippen molar-refractivity contribution in [3.05, 3.63) is 29.8 Å². The summed E-state index contributed by atoms with van der Waals surface area (Å²) in [4.78, 5) is 13.5. The molecule has 15 heavy (non-hydrogen) atoms. The molecule has 0 N–H and O–H groups in total. The Bertz CT molecular complexity index is 438. The summed E-state index contributed by atoms with van der Waals surface area (Å²) in [6.07, 6.45) is 0.525. The molecule has 0 radical (unpaired) electrons. The number of carbonyl (C=O) groups excluding carboxylic acids is 1. The van der Waals surface area contributed by atoms with Gasteiger partial charge in [-0.05, 0) is 18.2 Å². The highest BCUT2D eigenvalue weighted by molar-refractivity contribution is 9.09. The maximum Gasteiger partial charge on any atom is 0.228 e. The van der Waals surface area contributed by atoms with Crippen LogP contribution in [0.3, 0.4) is 0 Å². The van der Waals surface area contributed by atoms with Gasteiger partial charge in [0.15, 0.2) is 0 Å². The molecule has 0 saturated carbocycles. The standard InChI is InChI=1S/C11H9BrN2O/c12-9-5-11(15)14(7-9)10-3-1-2-8(4-10)6-13/h1-4,9H,5,7H2. The molecule has 4 heteroatoms. The minimum atomic E-state index is 0.104. The predicted molar refractivity (Wildman–Crippen MR) is 60.8 cm³/mol. The number of rotatable bonds is 1. The normalized spacial score (nSPS) is 20.4. The number of carbonyl (C=O) groups is 1. The third-order valence-electron chi connectivity index (χ3n) is 2.36. The molecule has 0 aromatic heterocycles. The van der Waals surface area contributed by atoms with Crippen molar-refractivity contribution in [1.29, 1.82) is 5.26 Å². The van der Waals surface area contributed by atoms with Gasteiger partial charge in [0, 0.05) is 23.5 Å². The second-order valence-corrected chi connectivity index (χ2v) is 4.76. The van der Waals surface area contributed by atoms with Gasteiger partial charge in [-0.25, -0.2) is 0 Å². The molecule has 0 spiro atoms. The molecule has 1 aromatic carbocycles. The lowest BCUT2D eigenvalue weighted by Gasteiger charge is -2.15. The van der Waals surface area contributed by atoms with Crippen LogP contribution in [0.25, 0.3) is 0 Å². The number of nitrogens with zero attached hydrogens (tertiary/aromatic N) is 2. The van der Waals surface area contributed by atoms with Crippen LogP contribution in [-0.2, 0) is 4.79 Å². The third-order valence-corrected chi connectivity index (χ3v) is 2.98. The summed E-state index contributed by atoms with van der Waals surface area (Å²) in [6, 6.07) is 9.18. The Labute approximate surface area is 96.4 Å². The number of anilines is 1. The molecule has 0 bridgehead atoms. The lowest BCUT2D eigenvalue weighted by Crippen LogP contribution is -2.24. The zero-order valence-electron chi connectivity index (χ0n) is 7.98. The summed E-state index contributed by atoms with van der Waals surface area (Å²) in [5.41, 5.74) is 1.39. The number of hydrogen-bond acceptors (Lipinski definition) is 2. The molecule has 1 fully saturated rings. The van der Waals surface area contributed by atoms with Gasteiger partial charge in [-0.2, -0.15) is 5.26 Å². The van der Waals surface area contributed by atoms with Crippen LogP contribution in [0.5, 0.6) is 0 Å². The number of halogens is 1. The van der Waals surface area contributed by atoms with E-state index in [9.17, 15) is 4.79 Å². The van der Waals surface area contributed by atoms with Crippen LogP contribution in [0.1, 0.15) is 12.0 Å². The highest BCUT2D eigenvalue weighted by Gasteiger charge is 2.28. The largest absolute Gasteiger partial charge is 0.311 e. The smallest absolute Gasteiger partial charge is 0.228 e. The van der Waals surface area contributed by atoms with E-state index >= 15 is 0 Å². The second kappa shape index (κ2) is 4.03. The van der Waals surface area contributed by atoms with Gasteiger partial charge in [-0.3, -0.25) is 4.79 Å². The Morgan fingerprint density at radius 2 is 2.33 bits per heavy atom. The van der Waals surface area contributed by atoms with Crippen LogP contribution >= 0.6 is 15.9 Å².